The molecule has 1 aromatic rings. The summed E-state index contributed by atoms with van der Waals surface area (Å²) in [5, 5.41) is 14.9. The molecule has 104 valence electrons. The Morgan fingerprint density at radius 1 is 1.42 bits per heavy atom. The molecule has 1 aromatic carbocycles. The minimum Gasteiger partial charge on any atom is -0.478 e. The van der Waals surface area contributed by atoms with Gasteiger partial charge in [0.25, 0.3) is 0 Å². The van der Waals surface area contributed by atoms with E-state index in [0.29, 0.717) is 6.04 Å². The van der Waals surface area contributed by atoms with Crippen molar-refractivity contribution in [3.8, 4) is 0 Å². The summed E-state index contributed by atoms with van der Waals surface area (Å²) >= 11 is 0. The monoisotopic (exact) mass is 270 g/mol. The second-order valence-corrected chi connectivity index (χ2v) is 4.81. The fourth-order valence-corrected chi connectivity index (χ4v) is 2.31. The van der Waals surface area contributed by atoms with E-state index in [4.69, 9.17) is 5.11 Å². The Hall–Kier alpha value is -1.69. The molecule has 0 radical (unpaired) electrons. The highest BCUT2D eigenvalue weighted by atomic mass is 19.2. The number of aromatic carboxylic acids is 1. The van der Waals surface area contributed by atoms with Crippen molar-refractivity contribution in [3.05, 3.63) is 29.3 Å². The van der Waals surface area contributed by atoms with Crippen molar-refractivity contribution in [1.82, 2.24) is 5.32 Å². The first kappa shape index (κ1) is 13.7. The molecule has 1 saturated heterocycles. The quantitative estimate of drug-likeness (QED) is 0.788. The predicted molar refractivity (Wildman–Crippen MR) is 67.4 cm³/mol. The van der Waals surface area contributed by atoms with Gasteiger partial charge in [0, 0.05) is 12.1 Å². The van der Waals surface area contributed by atoms with Crippen LogP contribution < -0.4 is 10.6 Å². The van der Waals surface area contributed by atoms with Gasteiger partial charge in [0.15, 0.2) is 11.6 Å². The first-order valence-corrected chi connectivity index (χ1v) is 6.20. The summed E-state index contributed by atoms with van der Waals surface area (Å²) < 4.78 is 27.3. The minimum absolute atomic E-state index is 0.0154. The molecule has 0 amide bonds. The van der Waals surface area contributed by atoms with E-state index in [1.165, 1.54) is 6.07 Å². The first-order valence-electron chi connectivity index (χ1n) is 6.20. The topological polar surface area (TPSA) is 61.4 Å². The molecule has 0 bridgehead atoms. The highest BCUT2D eigenvalue weighted by Crippen LogP contribution is 2.23. The van der Waals surface area contributed by atoms with Crippen LogP contribution in [0.4, 0.5) is 14.5 Å². The Morgan fingerprint density at radius 3 is 2.79 bits per heavy atom. The lowest BCUT2D eigenvalue weighted by Gasteiger charge is -2.29. The van der Waals surface area contributed by atoms with E-state index in [1.54, 1.807) is 0 Å². The molecule has 2 rings (SSSR count). The van der Waals surface area contributed by atoms with Crippen LogP contribution in [0.5, 0.6) is 0 Å². The number of hydrogen-bond donors (Lipinski definition) is 3. The van der Waals surface area contributed by atoms with Gasteiger partial charge in [0.2, 0.25) is 0 Å². The van der Waals surface area contributed by atoms with Crippen molar-refractivity contribution in [2.45, 2.75) is 31.8 Å². The molecule has 19 heavy (non-hydrogen) atoms. The van der Waals surface area contributed by atoms with Gasteiger partial charge < -0.3 is 15.7 Å². The number of carboxylic acids is 1. The molecule has 0 aliphatic carbocycles. The van der Waals surface area contributed by atoms with Crippen molar-refractivity contribution < 1.29 is 18.7 Å². The van der Waals surface area contributed by atoms with Crippen molar-refractivity contribution in [3.63, 3.8) is 0 Å². The van der Waals surface area contributed by atoms with Gasteiger partial charge in [-0.1, -0.05) is 0 Å². The van der Waals surface area contributed by atoms with Crippen molar-refractivity contribution in [2.75, 3.05) is 11.9 Å². The average Bonchev–Trinajstić information content (AvgIpc) is 2.35. The molecule has 2 atom stereocenters. The standard InChI is InChI=1S/C13H16F2N2O2/c1-7-6-8(4-5-16-7)17-10-3-2-9(13(18)19)11(14)12(10)15/h2-3,7-8,16-17H,4-6H2,1H3,(H,18,19). The molecule has 0 aromatic heterocycles. The molecule has 1 fully saturated rings. The summed E-state index contributed by atoms with van der Waals surface area (Å²) in [6.45, 7) is 2.84. The molecule has 4 nitrogen and oxygen atoms in total. The Labute approximate surface area is 109 Å². The highest BCUT2D eigenvalue weighted by molar-refractivity contribution is 5.88. The lowest BCUT2D eigenvalue weighted by atomic mass is 10.00. The van der Waals surface area contributed by atoms with Gasteiger partial charge in [0.05, 0.1) is 11.3 Å². The normalized spacial score (nSPS) is 23.1. The third-order valence-corrected chi connectivity index (χ3v) is 3.30. The van der Waals surface area contributed by atoms with Crippen LogP contribution in [0.3, 0.4) is 0 Å². The molecule has 6 heteroatoms. The van der Waals surface area contributed by atoms with Gasteiger partial charge >= 0.3 is 5.97 Å². The largest absolute Gasteiger partial charge is 0.478 e. The highest BCUT2D eigenvalue weighted by Gasteiger charge is 2.22. The smallest absolute Gasteiger partial charge is 0.338 e. The summed E-state index contributed by atoms with van der Waals surface area (Å²) in [7, 11) is 0. The minimum atomic E-state index is -1.47. The Balaban J connectivity index is 2.17. The summed E-state index contributed by atoms with van der Waals surface area (Å²) in [5.41, 5.74) is -0.636. The van der Waals surface area contributed by atoms with Crippen LogP contribution >= 0.6 is 0 Å². The lowest BCUT2D eigenvalue weighted by Crippen LogP contribution is -2.41. The van der Waals surface area contributed by atoms with E-state index < -0.39 is 23.2 Å². The van der Waals surface area contributed by atoms with Gasteiger partial charge in [-0.3, -0.25) is 0 Å². The predicted octanol–water partition coefficient (Wildman–Crippen LogP) is 2.22. The van der Waals surface area contributed by atoms with E-state index in [0.717, 1.165) is 25.5 Å². The molecule has 3 N–H and O–H groups in total. The van der Waals surface area contributed by atoms with Crippen LogP contribution in [0, 0.1) is 11.6 Å². The Kier molecular flexibility index (Phi) is 3.99. The molecule has 0 spiro atoms. The first-order chi connectivity index (χ1) is 8.99. The van der Waals surface area contributed by atoms with Crippen LogP contribution in [0.15, 0.2) is 12.1 Å². The molecule has 1 heterocycles. The van der Waals surface area contributed by atoms with Crippen molar-refractivity contribution in [1.29, 1.82) is 0 Å². The number of anilines is 1. The third kappa shape index (κ3) is 3.01. The molecular formula is C13H16F2N2O2. The number of halogens is 2. The summed E-state index contributed by atoms with van der Waals surface area (Å²) in [6.07, 6.45) is 1.62. The van der Waals surface area contributed by atoms with E-state index in [1.807, 2.05) is 6.92 Å². The number of rotatable bonds is 3. The Morgan fingerprint density at radius 2 is 2.16 bits per heavy atom. The van der Waals surface area contributed by atoms with Gasteiger partial charge in [-0.15, -0.1) is 0 Å². The van der Waals surface area contributed by atoms with Crippen LogP contribution in [-0.2, 0) is 0 Å². The maximum atomic E-state index is 13.8. The second kappa shape index (κ2) is 5.52. The van der Waals surface area contributed by atoms with E-state index in [9.17, 15) is 13.6 Å². The summed E-state index contributed by atoms with van der Waals surface area (Å²) in [4.78, 5) is 10.7. The molecule has 1 aliphatic heterocycles. The fraction of sp³-hybridized carbons (Fsp3) is 0.462. The van der Waals surface area contributed by atoms with Gasteiger partial charge in [-0.2, -0.15) is 0 Å². The molecular weight excluding hydrogens is 254 g/mol. The van der Waals surface area contributed by atoms with Crippen molar-refractivity contribution >= 4 is 11.7 Å². The molecule has 1 aliphatic rings. The van der Waals surface area contributed by atoms with Gasteiger partial charge in [-0.25, -0.2) is 13.6 Å². The van der Waals surface area contributed by atoms with E-state index in [-0.39, 0.29) is 11.7 Å². The van der Waals surface area contributed by atoms with Gasteiger partial charge in [0.1, 0.15) is 0 Å². The second-order valence-electron chi connectivity index (χ2n) is 4.81. The molecule has 0 saturated carbocycles. The third-order valence-electron chi connectivity index (χ3n) is 3.30. The number of carbonyl (C=O) groups is 1. The fourth-order valence-electron chi connectivity index (χ4n) is 2.31. The number of benzene rings is 1. The van der Waals surface area contributed by atoms with E-state index in [2.05, 4.69) is 10.6 Å². The van der Waals surface area contributed by atoms with Crippen molar-refractivity contribution in [2.24, 2.45) is 0 Å². The number of hydrogen-bond acceptors (Lipinski definition) is 3. The Bertz CT molecular complexity index is 494. The van der Waals surface area contributed by atoms with Crippen LogP contribution in [0.2, 0.25) is 0 Å². The maximum absolute atomic E-state index is 13.8. The van der Waals surface area contributed by atoms with Gasteiger partial charge in [-0.05, 0) is 38.4 Å². The zero-order chi connectivity index (χ0) is 14.0. The lowest BCUT2D eigenvalue weighted by molar-refractivity contribution is 0.0690. The summed E-state index contributed by atoms with van der Waals surface area (Å²) in [6, 6.07) is 2.72. The summed E-state index contributed by atoms with van der Waals surface area (Å²) in [5.74, 6) is -3.93. The van der Waals surface area contributed by atoms with E-state index >= 15 is 0 Å². The maximum Gasteiger partial charge on any atom is 0.338 e. The van der Waals surface area contributed by atoms with Crippen LogP contribution in [-0.4, -0.2) is 29.7 Å². The SMILES string of the molecule is CC1CC(Nc2ccc(C(=O)O)c(F)c2F)CCN1. The number of nitrogens with one attached hydrogen (secondary N) is 2. The number of carboxylic acid groups (broad SMARTS) is 1. The van der Waals surface area contributed by atoms with Crippen LogP contribution in [0.1, 0.15) is 30.1 Å². The zero-order valence-corrected chi connectivity index (χ0v) is 10.5. The zero-order valence-electron chi connectivity index (χ0n) is 10.5. The number of piperidine rings is 1. The van der Waals surface area contributed by atoms with Crippen LogP contribution in [0.25, 0.3) is 0 Å². The average molecular weight is 270 g/mol. The molecule has 2 unspecified atom stereocenters.